The average Bonchev–Trinajstić information content (AvgIpc) is 3.20. The average molecular weight is 471 g/mol. The smallest absolute Gasteiger partial charge is 0.233 e. The number of ether oxygens (including phenoxy) is 1. The number of methoxy groups -OCH3 is 1. The van der Waals surface area contributed by atoms with Gasteiger partial charge in [0, 0.05) is 24.3 Å². The maximum atomic E-state index is 12.9. The molecule has 4 rings (SSSR count). The van der Waals surface area contributed by atoms with E-state index in [-0.39, 0.29) is 5.91 Å². The third-order valence-electron chi connectivity index (χ3n) is 5.63. The van der Waals surface area contributed by atoms with Gasteiger partial charge < -0.3 is 9.64 Å². The van der Waals surface area contributed by atoms with Crippen LogP contribution in [0.5, 0.6) is 5.75 Å². The molecular formula is C24H27ClN4O2S. The summed E-state index contributed by atoms with van der Waals surface area (Å²) in [5.74, 6) is 2.91. The summed E-state index contributed by atoms with van der Waals surface area (Å²) in [7, 11) is 1.64. The molecule has 6 nitrogen and oxygen atoms in total. The lowest BCUT2D eigenvalue weighted by atomic mass is 9.92. The Labute approximate surface area is 197 Å². The predicted molar refractivity (Wildman–Crippen MR) is 129 cm³/mol. The summed E-state index contributed by atoms with van der Waals surface area (Å²) in [6.07, 6.45) is 1.17. The van der Waals surface area contributed by atoms with Gasteiger partial charge in [-0.05, 0) is 54.7 Å². The van der Waals surface area contributed by atoms with Gasteiger partial charge >= 0.3 is 0 Å². The van der Waals surface area contributed by atoms with Crippen molar-refractivity contribution in [1.82, 2.24) is 19.7 Å². The number of piperidine rings is 1. The van der Waals surface area contributed by atoms with E-state index in [1.54, 1.807) is 7.11 Å². The van der Waals surface area contributed by atoms with Gasteiger partial charge in [-0.1, -0.05) is 49.3 Å². The number of halogens is 1. The quantitative estimate of drug-likeness (QED) is 0.464. The molecule has 1 aliphatic heterocycles. The molecule has 0 N–H and O–H groups in total. The Kier molecular flexibility index (Phi) is 7.06. The van der Waals surface area contributed by atoms with Gasteiger partial charge in [-0.2, -0.15) is 0 Å². The minimum Gasteiger partial charge on any atom is -0.497 e. The number of hydrogen-bond acceptors (Lipinski definition) is 5. The zero-order valence-corrected chi connectivity index (χ0v) is 20.1. The molecule has 2 atom stereocenters. The Hall–Kier alpha value is -2.51. The summed E-state index contributed by atoms with van der Waals surface area (Å²) in [5.41, 5.74) is 1.66. The normalized spacial score (nSPS) is 18.6. The number of nitrogens with zero attached hydrogens (tertiary/aromatic N) is 4. The number of carbonyl (C=O) groups excluding carboxylic acids is 1. The molecule has 32 heavy (non-hydrogen) atoms. The molecule has 0 bridgehead atoms. The van der Waals surface area contributed by atoms with Crippen LogP contribution < -0.4 is 4.74 Å². The lowest BCUT2D eigenvalue weighted by molar-refractivity contribution is -0.130. The highest BCUT2D eigenvalue weighted by Crippen LogP contribution is 2.32. The van der Waals surface area contributed by atoms with E-state index in [0.29, 0.717) is 33.6 Å². The highest BCUT2D eigenvalue weighted by atomic mass is 35.5. The van der Waals surface area contributed by atoms with E-state index in [1.807, 2.05) is 58.0 Å². The fourth-order valence-corrected chi connectivity index (χ4v) is 5.30. The van der Waals surface area contributed by atoms with Crippen LogP contribution in [0.1, 0.15) is 20.3 Å². The first-order chi connectivity index (χ1) is 15.5. The second-order valence-electron chi connectivity index (χ2n) is 8.35. The van der Waals surface area contributed by atoms with Crippen LogP contribution in [0.2, 0.25) is 5.02 Å². The lowest BCUT2D eigenvalue weighted by Crippen LogP contribution is -2.43. The van der Waals surface area contributed by atoms with Crippen LogP contribution in [0.25, 0.3) is 17.1 Å². The number of aromatic nitrogens is 3. The monoisotopic (exact) mass is 470 g/mol. The van der Waals surface area contributed by atoms with Crippen molar-refractivity contribution in [3.8, 4) is 22.8 Å². The molecule has 0 spiro atoms. The molecule has 1 aromatic heterocycles. The second kappa shape index (κ2) is 9.96. The topological polar surface area (TPSA) is 60.2 Å². The Bertz CT molecular complexity index is 1080. The lowest BCUT2D eigenvalue weighted by Gasteiger charge is -2.34. The van der Waals surface area contributed by atoms with Crippen LogP contribution >= 0.6 is 23.4 Å². The maximum Gasteiger partial charge on any atom is 0.233 e. The van der Waals surface area contributed by atoms with Crippen LogP contribution in [0.15, 0.2) is 53.7 Å². The van der Waals surface area contributed by atoms with E-state index < -0.39 is 0 Å². The Balaban J connectivity index is 1.63. The predicted octanol–water partition coefficient (Wildman–Crippen LogP) is 5.19. The van der Waals surface area contributed by atoms with Crippen molar-refractivity contribution in [2.24, 2.45) is 11.8 Å². The van der Waals surface area contributed by atoms with Crippen molar-refractivity contribution in [1.29, 1.82) is 0 Å². The number of benzene rings is 2. The van der Waals surface area contributed by atoms with Gasteiger partial charge in [-0.15, -0.1) is 10.2 Å². The molecule has 0 saturated carbocycles. The number of carbonyl (C=O) groups is 1. The van der Waals surface area contributed by atoms with Gasteiger partial charge in [0.05, 0.1) is 17.9 Å². The van der Waals surface area contributed by atoms with E-state index in [0.717, 1.165) is 30.1 Å². The molecule has 168 valence electrons. The third kappa shape index (κ3) is 4.94. The van der Waals surface area contributed by atoms with Gasteiger partial charge in [-0.25, -0.2) is 0 Å². The molecule has 2 unspecified atom stereocenters. The second-order valence-corrected chi connectivity index (χ2v) is 9.70. The number of thioether (sulfide) groups is 1. The molecule has 0 radical (unpaired) electrons. The number of likely N-dealkylation sites (tertiary alicyclic amines) is 1. The summed E-state index contributed by atoms with van der Waals surface area (Å²) >= 11 is 7.86. The van der Waals surface area contributed by atoms with E-state index in [1.165, 1.54) is 18.2 Å². The Morgan fingerprint density at radius 1 is 1.09 bits per heavy atom. The molecule has 1 aliphatic rings. The fourth-order valence-electron chi connectivity index (χ4n) is 4.23. The van der Waals surface area contributed by atoms with Crippen LogP contribution in [-0.4, -0.2) is 51.5 Å². The molecule has 3 aromatic rings. The first-order valence-corrected chi connectivity index (χ1v) is 12.1. The van der Waals surface area contributed by atoms with Gasteiger partial charge in [0.15, 0.2) is 11.0 Å². The number of amides is 1. The van der Waals surface area contributed by atoms with Crippen molar-refractivity contribution in [2.45, 2.75) is 25.4 Å². The van der Waals surface area contributed by atoms with Crippen molar-refractivity contribution in [3.63, 3.8) is 0 Å². The van der Waals surface area contributed by atoms with Crippen molar-refractivity contribution < 1.29 is 9.53 Å². The molecule has 2 aromatic carbocycles. The number of hydrogen-bond donors (Lipinski definition) is 0. The first-order valence-electron chi connectivity index (χ1n) is 10.7. The van der Waals surface area contributed by atoms with Gasteiger partial charge in [0.2, 0.25) is 5.91 Å². The zero-order valence-electron chi connectivity index (χ0n) is 18.5. The maximum absolute atomic E-state index is 12.9. The zero-order chi connectivity index (χ0) is 22.7. The molecule has 1 fully saturated rings. The SMILES string of the molecule is COc1ccc(-n2c(SCC(=O)N3CC(C)CC(C)C3)nnc2-c2ccccc2Cl)cc1. The minimum atomic E-state index is 0.136. The van der Waals surface area contributed by atoms with Crippen molar-refractivity contribution in [2.75, 3.05) is 26.0 Å². The van der Waals surface area contributed by atoms with Crippen LogP contribution in [-0.2, 0) is 4.79 Å². The van der Waals surface area contributed by atoms with Crippen molar-refractivity contribution >= 4 is 29.3 Å². The Morgan fingerprint density at radius 2 is 1.78 bits per heavy atom. The minimum absolute atomic E-state index is 0.136. The largest absolute Gasteiger partial charge is 0.497 e. The van der Waals surface area contributed by atoms with E-state index in [2.05, 4.69) is 24.0 Å². The molecule has 8 heteroatoms. The highest BCUT2D eigenvalue weighted by molar-refractivity contribution is 7.99. The molecule has 1 amide bonds. The van der Waals surface area contributed by atoms with Crippen LogP contribution in [0.4, 0.5) is 0 Å². The summed E-state index contributed by atoms with van der Waals surface area (Å²) in [6.45, 7) is 6.05. The summed E-state index contributed by atoms with van der Waals surface area (Å²) in [6, 6.07) is 15.2. The van der Waals surface area contributed by atoms with E-state index in [9.17, 15) is 4.79 Å². The molecule has 0 aliphatic carbocycles. The molecule has 2 heterocycles. The first kappa shape index (κ1) is 22.7. The van der Waals surface area contributed by atoms with Crippen molar-refractivity contribution in [3.05, 3.63) is 53.6 Å². The summed E-state index contributed by atoms with van der Waals surface area (Å²) in [4.78, 5) is 14.9. The van der Waals surface area contributed by atoms with E-state index in [4.69, 9.17) is 16.3 Å². The number of rotatable bonds is 6. The van der Waals surface area contributed by atoms with Crippen LogP contribution in [0, 0.1) is 11.8 Å². The molecular weight excluding hydrogens is 444 g/mol. The summed E-state index contributed by atoms with van der Waals surface area (Å²) < 4.78 is 7.24. The summed E-state index contributed by atoms with van der Waals surface area (Å²) in [5, 5.41) is 10.1. The van der Waals surface area contributed by atoms with Crippen LogP contribution in [0.3, 0.4) is 0 Å². The van der Waals surface area contributed by atoms with Gasteiger partial charge in [0.1, 0.15) is 5.75 Å². The Morgan fingerprint density at radius 3 is 2.44 bits per heavy atom. The van der Waals surface area contributed by atoms with Gasteiger partial charge in [0.25, 0.3) is 0 Å². The fraction of sp³-hybridized carbons (Fsp3) is 0.375. The molecule has 1 saturated heterocycles. The highest BCUT2D eigenvalue weighted by Gasteiger charge is 2.26. The standard InChI is InChI=1S/C24H27ClN4O2S/c1-16-12-17(2)14-28(13-16)22(30)15-32-24-27-26-23(20-6-4-5-7-21(20)25)29(24)18-8-10-19(31-3)11-9-18/h4-11,16-17H,12-15H2,1-3H3. The third-order valence-corrected chi connectivity index (χ3v) is 6.87. The van der Waals surface area contributed by atoms with Gasteiger partial charge in [-0.3, -0.25) is 9.36 Å². The van der Waals surface area contributed by atoms with E-state index >= 15 is 0 Å².